The number of aliphatic hydroxyl groups is 4. The molecule has 6 N–H and O–H groups in total. The Kier molecular flexibility index (Phi) is 51.4. The average Bonchev–Trinajstić information content (AvgIpc) is 3.63. The lowest BCUT2D eigenvalue weighted by atomic mass is 10.1. The van der Waals surface area contributed by atoms with Crippen molar-refractivity contribution in [2.24, 2.45) is 0 Å². The molecule has 0 heterocycles. The number of carbonyl (C=O) groups is 5. The zero-order valence-corrected chi connectivity index (χ0v) is 53.2. The van der Waals surface area contributed by atoms with E-state index in [2.05, 4.69) is 67.9 Å². The van der Waals surface area contributed by atoms with Gasteiger partial charge >= 0.3 is 30.1 Å². The first-order chi connectivity index (χ1) is 41.3. The van der Waals surface area contributed by atoms with Gasteiger partial charge in [0.15, 0.2) is 12.7 Å². The third kappa shape index (κ3) is 49.0. The van der Waals surface area contributed by atoms with Crippen molar-refractivity contribution in [3.8, 4) is 0 Å². The number of unbranched alkanes of at least 4 members (excludes halogenated alkanes) is 24. The maximum Gasteiger partial charge on any atom is 0.412 e. The maximum atomic E-state index is 13.0. The highest BCUT2D eigenvalue weighted by Crippen LogP contribution is 2.23. The van der Waals surface area contributed by atoms with Gasteiger partial charge in [0.25, 0.3) is 0 Å². The van der Waals surface area contributed by atoms with E-state index in [1.165, 1.54) is 38.5 Å². The van der Waals surface area contributed by atoms with E-state index in [0.717, 1.165) is 161 Å². The minimum Gasteiger partial charge on any atom is -0.462 e. The largest absolute Gasteiger partial charge is 0.462 e. The van der Waals surface area contributed by atoms with Crippen molar-refractivity contribution in [1.82, 2.24) is 0 Å². The summed E-state index contributed by atoms with van der Waals surface area (Å²) in [6.45, 7) is 8.19. The van der Waals surface area contributed by atoms with Gasteiger partial charge in [-0.15, -0.1) is 0 Å². The number of hydrogen-bond acceptors (Lipinski definition) is 14. The second-order valence-corrected chi connectivity index (χ2v) is 23.0. The Labute approximate surface area is 513 Å². The van der Waals surface area contributed by atoms with E-state index in [0.29, 0.717) is 55.5 Å². The van der Waals surface area contributed by atoms with Crippen LogP contribution in [0.3, 0.4) is 0 Å². The zero-order chi connectivity index (χ0) is 62.2. The van der Waals surface area contributed by atoms with Crippen LogP contribution in [-0.4, -0.2) is 101 Å². The molecule has 0 aromatic heterocycles. The summed E-state index contributed by atoms with van der Waals surface area (Å²) in [6, 6.07) is 5.01. The summed E-state index contributed by atoms with van der Waals surface area (Å²) in [6.07, 6.45) is 43.6. The lowest BCUT2D eigenvalue weighted by Gasteiger charge is -2.18. The number of carbonyl (C=O) groups excluding carboxylic acids is 5. The van der Waals surface area contributed by atoms with E-state index in [-0.39, 0.29) is 62.7 Å². The SMILES string of the molecule is CCCCCCC(O)C/C=C/CCCCCCCC(=O)OCC(COC(=O)CCCCCCC/C=C/CC(CCCCCC)OC(=O)Nc1ccc(C)c(NC(=O)O[CH]C(O)CO)c1)OC(=O)CCCCCCC/C=C/CC(O)CCCCCC. The van der Waals surface area contributed by atoms with Gasteiger partial charge in [-0.3, -0.25) is 25.0 Å². The molecule has 85 heavy (non-hydrogen) atoms. The number of anilines is 2. The Morgan fingerprint density at radius 3 is 1.39 bits per heavy atom. The van der Waals surface area contributed by atoms with E-state index in [9.17, 15) is 39.3 Å². The summed E-state index contributed by atoms with van der Waals surface area (Å²) in [5, 5.41) is 44.0. The van der Waals surface area contributed by atoms with Crippen molar-refractivity contribution in [3.05, 3.63) is 66.8 Å². The molecule has 0 saturated heterocycles. The standard InChI is InChI=1S/C69H117N2O14/c1-5-8-11-32-41-59(73)43-34-26-20-14-17-23-29-38-47-65(76)81-55-63(84-67(78)49-40-31-25-18-15-21-27-35-44-60(74)42-33-12-9-6-2)56-82-66(77)48-39-30-24-19-16-22-28-37-46-62(45-36-13-10-7-3)85-69(80)70-58-51-50-57(4)64(52-58)71-68(79)83-54-61(75)53-72/h26-28,34-35,37,50-52,54,59-63,72-75H,5-25,29-33,36,38-49,53,55-56H2,1-4H3,(H,70,80)(H,71,79)/b34-26+,35-27+,37-28+. The fourth-order valence-electron chi connectivity index (χ4n) is 9.50. The van der Waals surface area contributed by atoms with Gasteiger partial charge in [0.05, 0.1) is 18.8 Å². The number of aliphatic hydroxyl groups excluding tert-OH is 4. The molecule has 1 radical (unpaired) electrons. The molecule has 16 nitrogen and oxygen atoms in total. The number of esters is 3. The Morgan fingerprint density at radius 1 is 0.471 bits per heavy atom. The van der Waals surface area contributed by atoms with Gasteiger partial charge in [-0.25, -0.2) is 9.59 Å². The minimum atomic E-state index is -1.30. The predicted octanol–water partition coefficient (Wildman–Crippen LogP) is 16.6. The van der Waals surface area contributed by atoms with E-state index < -0.39 is 37.0 Å². The second-order valence-electron chi connectivity index (χ2n) is 23.0. The molecule has 2 amide bonds. The number of hydrogen-bond donors (Lipinski definition) is 6. The molecule has 5 atom stereocenters. The van der Waals surface area contributed by atoms with Crippen LogP contribution < -0.4 is 10.6 Å². The normalized spacial score (nSPS) is 13.4. The number of ether oxygens (including phenoxy) is 5. The monoisotopic (exact) mass is 1200 g/mol. The fourth-order valence-corrected chi connectivity index (χ4v) is 9.50. The summed E-state index contributed by atoms with van der Waals surface area (Å²) < 4.78 is 27.5. The second kappa shape index (κ2) is 55.8. The number of aryl methyl sites for hydroxylation is 1. The predicted molar refractivity (Wildman–Crippen MR) is 341 cm³/mol. The van der Waals surface area contributed by atoms with Crippen LogP contribution in [0.2, 0.25) is 0 Å². The van der Waals surface area contributed by atoms with Gasteiger partial charge in [0.2, 0.25) is 0 Å². The van der Waals surface area contributed by atoms with Gasteiger partial charge in [0, 0.05) is 37.1 Å². The molecule has 5 unspecified atom stereocenters. The van der Waals surface area contributed by atoms with Crippen LogP contribution >= 0.6 is 0 Å². The Hall–Kier alpha value is -4.77. The lowest BCUT2D eigenvalue weighted by molar-refractivity contribution is -0.167. The quantitative estimate of drug-likeness (QED) is 0.0154. The zero-order valence-electron chi connectivity index (χ0n) is 53.2. The molecule has 0 spiro atoms. The van der Waals surface area contributed by atoms with E-state index in [1.54, 1.807) is 25.1 Å². The molecule has 0 aliphatic heterocycles. The average molecular weight is 1200 g/mol. The Balaban J connectivity index is 2.54. The number of nitrogens with one attached hydrogen (secondary N) is 2. The molecule has 487 valence electrons. The minimum absolute atomic E-state index is 0.172. The molecule has 0 aliphatic rings. The molecule has 0 bridgehead atoms. The van der Waals surface area contributed by atoms with Crippen molar-refractivity contribution in [2.75, 3.05) is 30.5 Å². The first kappa shape index (κ1) is 78.2. The number of allylic oxidation sites excluding steroid dienone is 3. The van der Waals surface area contributed by atoms with Crippen LogP contribution in [-0.2, 0) is 38.1 Å². The molecular formula is C69H117N2O14. The van der Waals surface area contributed by atoms with Crippen molar-refractivity contribution in [2.45, 2.75) is 309 Å². The molecule has 1 aromatic carbocycles. The summed E-state index contributed by atoms with van der Waals surface area (Å²) in [5.41, 5.74) is 1.52. The molecule has 0 saturated carbocycles. The van der Waals surface area contributed by atoms with E-state index >= 15 is 0 Å². The van der Waals surface area contributed by atoms with Crippen LogP contribution in [0.25, 0.3) is 0 Å². The first-order valence-corrected chi connectivity index (χ1v) is 33.3. The summed E-state index contributed by atoms with van der Waals surface area (Å²) in [4.78, 5) is 63.8. The van der Waals surface area contributed by atoms with E-state index in [1.807, 2.05) is 0 Å². The smallest absolute Gasteiger partial charge is 0.412 e. The van der Waals surface area contributed by atoms with Crippen molar-refractivity contribution >= 4 is 41.5 Å². The molecule has 1 rings (SSSR count). The van der Waals surface area contributed by atoms with Gasteiger partial charge in [-0.2, -0.15) is 0 Å². The Morgan fingerprint density at radius 2 is 0.906 bits per heavy atom. The van der Waals surface area contributed by atoms with Crippen molar-refractivity contribution < 1.29 is 68.1 Å². The third-order valence-corrected chi connectivity index (χ3v) is 14.8. The number of rotatable bonds is 56. The van der Waals surface area contributed by atoms with E-state index in [4.69, 9.17) is 28.8 Å². The van der Waals surface area contributed by atoms with Crippen molar-refractivity contribution in [3.63, 3.8) is 0 Å². The van der Waals surface area contributed by atoms with Crippen LogP contribution in [0.15, 0.2) is 54.7 Å². The molecular weight excluding hydrogens is 1080 g/mol. The molecule has 16 heteroatoms. The highest BCUT2D eigenvalue weighted by atomic mass is 16.6. The first-order valence-electron chi connectivity index (χ1n) is 33.3. The number of benzene rings is 1. The maximum absolute atomic E-state index is 13.0. The van der Waals surface area contributed by atoms with Crippen molar-refractivity contribution in [1.29, 1.82) is 0 Å². The summed E-state index contributed by atoms with van der Waals surface area (Å²) in [7, 11) is 0. The number of amides is 2. The third-order valence-electron chi connectivity index (χ3n) is 14.8. The fraction of sp³-hybridized carbons (Fsp3) is 0.739. The highest BCUT2D eigenvalue weighted by molar-refractivity contribution is 5.90. The van der Waals surface area contributed by atoms with Crippen LogP contribution in [0.4, 0.5) is 21.0 Å². The highest BCUT2D eigenvalue weighted by Gasteiger charge is 2.20. The summed E-state index contributed by atoms with van der Waals surface area (Å²) in [5.74, 6) is -1.15. The lowest BCUT2D eigenvalue weighted by Crippen LogP contribution is -2.30. The van der Waals surface area contributed by atoms with Crippen LogP contribution in [0, 0.1) is 13.5 Å². The molecule has 0 fully saturated rings. The van der Waals surface area contributed by atoms with Gasteiger partial charge in [0.1, 0.15) is 25.4 Å². The van der Waals surface area contributed by atoms with Gasteiger partial charge in [-0.05, 0) is 121 Å². The van der Waals surface area contributed by atoms with Crippen LogP contribution in [0.1, 0.15) is 277 Å². The molecule has 0 aliphatic carbocycles. The van der Waals surface area contributed by atoms with Crippen LogP contribution in [0.5, 0.6) is 0 Å². The Bertz CT molecular complexity index is 1920. The van der Waals surface area contributed by atoms with Gasteiger partial charge in [-0.1, -0.05) is 192 Å². The summed E-state index contributed by atoms with van der Waals surface area (Å²) >= 11 is 0. The topological polar surface area (TPSA) is 236 Å². The van der Waals surface area contributed by atoms with Gasteiger partial charge < -0.3 is 44.1 Å². The molecule has 1 aromatic rings.